The van der Waals surface area contributed by atoms with Crippen molar-refractivity contribution in [3.05, 3.63) is 28.8 Å². The summed E-state index contributed by atoms with van der Waals surface area (Å²) in [5.74, 6) is 0.836. The Kier molecular flexibility index (Phi) is 7.39. The second-order valence-electron chi connectivity index (χ2n) is 6.24. The molecule has 0 aromatic heterocycles. The highest BCUT2D eigenvalue weighted by Gasteiger charge is 2.13. The number of hydrogen-bond acceptors (Lipinski definition) is 2. The molecule has 1 N–H and O–H groups in total. The highest BCUT2D eigenvalue weighted by Crippen LogP contribution is 2.29. The van der Waals surface area contributed by atoms with Gasteiger partial charge in [-0.2, -0.15) is 0 Å². The van der Waals surface area contributed by atoms with Crippen LogP contribution < -0.4 is 10.1 Å². The maximum atomic E-state index is 6.27. The van der Waals surface area contributed by atoms with Crippen molar-refractivity contribution in [3.8, 4) is 5.75 Å². The van der Waals surface area contributed by atoms with E-state index in [0.29, 0.717) is 5.02 Å². The van der Waals surface area contributed by atoms with Gasteiger partial charge in [0.15, 0.2) is 0 Å². The van der Waals surface area contributed by atoms with E-state index < -0.39 is 0 Å². The normalized spacial score (nSPS) is 11.7. The van der Waals surface area contributed by atoms with Gasteiger partial charge in [-0.1, -0.05) is 49.9 Å². The van der Waals surface area contributed by atoms with Crippen LogP contribution in [0, 0.1) is 0 Å². The van der Waals surface area contributed by atoms with Crippen LogP contribution in [0.15, 0.2) is 18.2 Å². The number of rotatable bonds is 8. The topological polar surface area (TPSA) is 21.3 Å². The predicted octanol–water partition coefficient (Wildman–Crippen LogP) is 5.19. The van der Waals surface area contributed by atoms with Crippen LogP contribution in [-0.4, -0.2) is 12.1 Å². The third-order valence-electron chi connectivity index (χ3n) is 3.10. The zero-order chi connectivity index (χ0) is 15.0. The Labute approximate surface area is 128 Å². The summed E-state index contributed by atoms with van der Waals surface area (Å²) >= 11 is 6.27. The lowest BCUT2D eigenvalue weighted by Gasteiger charge is -2.22. The molecule has 0 atom stereocenters. The van der Waals surface area contributed by atoms with Gasteiger partial charge in [0.2, 0.25) is 0 Å². The van der Waals surface area contributed by atoms with Gasteiger partial charge >= 0.3 is 0 Å². The summed E-state index contributed by atoms with van der Waals surface area (Å²) in [5.41, 5.74) is 1.21. The second kappa shape index (κ2) is 8.53. The van der Waals surface area contributed by atoms with Crippen LogP contribution in [0.5, 0.6) is 5.75 Å². The van der Waals surface area contributed by atoms with Gasteiger partial charge in [0.1, 0.15) is 5.75 Å². The number of ether oxygens (including phenoxy) is 1. The molecule has 0 aliphatic carbocycles. The Balaban J connectivity index is 2.59. The van der Waals surface area contributed by atoms with Gasteiger partial charge in [0.25, 0.3) is 0 Å². The summed E-state index contributed by atoms with van der Waals surface area (Å²) in [4.78, 5) is 0. The quantitative estimate of drug-likeness (QED) is 0.667. The minimum absolute atomic E-state index is 0.0840. The lowest BCUT2D eigenvalue weighted by molar-refractivity contribution is 0.300. The molecule has 1 rings (SSSR count). The first-order valence-electron chi connectivity index (χ1n) is 7.59. The molecule has 0 unspecified atom stereocenters. The molecule has 0 fully saturated rings. The molecular weight excluding hydrogens is 270 g/mol. The average Bonchev–Trinajstić information content (AvgIpc) is 2.37. The number of para-hydroxylation sites is 1. The van der Waals surface area contributed by atoms with E-state index in [2.05, 4.69) is 39.1 Å². The van der Waals surface area contributed by atoms with Crippen LogP contribution in [0.25, 0.3) is 0 Å². The van der Waals surface area contributed by atoms with E-state index in [0.717, 1.165) is 30.9 Å². The number of benzene rings is 1. The molecule has 0 aliphatic rings. The van der Waals surface area contributed by atoms with Gasteiger partial charge < -0.3 is 10.1 Å². The molecule has 2 nitrogen and oxygen atoms in total. The first-order chi connectivity index (χ1) is 9.44. The van der Waals surface area contributed by atoms with Crippen molar-refractivity contribution in [2.45, 2.75) is 65.5 Å². The molecule has 20 heavy (non-hydrogen) atoms. The number of nitrogens with one attached hydrogen (secondary N) is 1. The highest BCUT2D eigenvalue weighted by atomic mass is 35.5. The zero-order valence-corrected chi connectivity index (χ0v) is 14.0. The van der Waals surface area contributed by atoms with Crippen LogP contribution in [0.1, 0.15) is 58.9 Å². The van der Waals surface area contributed by atoms with Gasteiger partial charge in [0, 0.05) is 17.6 Å². The maximum Gasteiger partial charge on any atom is 0.142 e. The summed E-state index contributed by atoms with van der Waals surface area (Å²) in [6.07, 6.45) is 4.82. The van der Waals surface area contributed by atoms with Crippen LogP contribution in [0.4, 0.5) is 0 Å². The van der Waals surface area contributed by atoms with Crippen molar-refractivity contribution in [1.82, 2.24) is 5.32 Å². The van der Waals surface area contributed by atoms with Gasteiger partial charge in [-0.3, -0.25) is 0 Å². The fraction of sp³-hybridized carbons (Fsp3) is 0.647. The van der Waals surface area contributed by atoms with E-state index in [4.69, 9.17) is 16.3 Å². The summed E-state index contributed by atoms with van der Waals surface area (Å²) in [7, 11) is 0. The van der Waals surface area contributed by atoms with Crippen molar-refractivity contribution < 1.29 is 4.74 Å². The average molecular weight is 298 g/mol. The fourth-order valence-electron chi connectivity index (χ4n) is 1.92. The summed E-state index contributed by atoms with van der Waals surface area (Å²) in [6.45, 7) is 10.2. The smallest absolute Gasteiger partial charge is 0.142 e. The van der Waals surface area contributed by atoms with Gasteiger partial charge in [-0.05, 0) is 33.3 Å². The third kappa shape index (κ3) is 6.62. The number of halogens is 1. The molecular formula is C17H28ClNO. The Morgan fingerprint density at radius 3 is 2.55 bits per heavy atom. The lowest BCUT2D eigenvalue weighted by Crippen LogP contribution is -2.35. The molecule has 0 saturated heterocycles. The molecule has 3 heteroatoms. The molecule has 1 aromatic carbocycles. The Morgan fingerprint density at radius 2 is 1.90 bits per heavy atom. The summed E-state index contributed by atoms with van der Waals surface area (Å²) in [5, 5.41) is 4.18. The molecule has 0 aliphatic heterocycles. The van der Waals surface area contributed by atoms with Crippen molar-refractivity contribution in [2.75, 3.05) is 6.61 Å². The van der Waals surface area contributed by atoms with E-state index >= 15 is 0 Å². The molecule has 0 amide bonds. The minimum atomic E-state index is 0.0840. The van der Waals surface area contributed by atoms with Crippen molar-refractivity contribution in [3.63, 3.8) is 0 Å². The lowest BCUT2D eigenvalue weighted by atomic mass is 10.1. The second-order valence-corrected chi connectivity index (χ2v) is 6.65. The van der Waals surface area contributed by atoms with Crippen LogP contribution >= 0.6 is 11.6 Å². The standard InChI is InChI=1S/C17H28ClNO/c1-5-6-7-8-12-20-16-14(10-9-11-15(16)18)13-19-17(2,3)4/h9-11,19H,5-8,12-13H2,1-4H3. The molecule has 0 heterocycles. The minimum Gasteiger partial charge on any atom is -0.492 e. The molecule has 0 bridgehead atoms. The van der Waals surface area contributed by atoms with Gasteiger partial charge in [-0.25, -0.2) is 0 Å². The summed E-state index contributed by atoms with van der Waals surface area (Å²) < 4.78 is 5.91. The summed E-state index contributed by atoms with van der Waals surface area (Å²) in [6, 6.07) is 5.95. The largest absolute Gasteiger partial charge is 0.492 e. The molecule has 0 radical (unpaired) electrons. The van der Waals surface area contributed by atoms with E-state index in [1.54, 1.807) is 0 Å². The predicted molar refractivity (Wildman–Crippen MR) is 87.7 cm³/mol. The first-order valence-corrected chi connectivity index (χ1v) is 7.97. The fourth-order valence-corrected chi connectivity index (χ4v) is 2.17. The van der Waals surface area contributed by atoms with Crippen LogP contribution in [0.2, 0.25) is 5.02 Å². The monoisotopic (exact) mass is 297 g/mol. The van der Waals surface area contributed by atoms with Gasteiger partial charge in [-0.15, -0.1) is 0 Å². The Morgan fingerprint density at radius 1 is 1.15 bits per heavy atom. The molecule has 1 aromatic rings. The number of hydrogen-bond donors (Lipinski definition) is 1. The van der Waals surface area contributed by atoms with Crippen LogP contribution in [0.3, 0.4) is 0 Å². The molecule has 0 spiro atoms. The molecule has 0 saturated carbocycles. The number of unbranched alkanes of at least 4 members (excludes halogenated alkanes) is 3. The maximum absolute atomic E-state index is 6.27. The third-order valence-corrected chi connectivity index (χ3v) is 3.40. The van der Waals surface area contributed by atoms with Crippen molar-refractivity contribution in [2.24, 2.45) is 0 Å². The SMILES string of the molecule is CCCCCCOc1c(Cl)cccc1CNC(C)(C)C. The van der Waals surface area contributed by atoms with E-state index in [1.165, 1.54) is 19.3 Å². The van der Waals surface area contributed by atoms with Gasteiger partial charge in [0.05, 0.1) is 11.6 Å². The zero-order valence-electron chi connectivity index (χ0n) is 13.3. The molecule has 114 valence electrons. The van der Waals surface area contributed by atoms with Crippen molar-refractivity contribution in [1.29, 1.82) is 0 Å². The van der Waals surface area contributed by atoms with Crippen molar-refractivity contribution >= 4 is 11.6 Å². The van der Waals surface area contributed by atoms with E-state index in [1.807, 2.05) is 12.1 Å². The highest BCUT2D eigenvalue weighted by molar-refractivity contribution is 6.32. The Hall–Kier alpha value is -0.730. The van der Waals surface area contributed by atoms with E-state index in [9.17, 15) is 0 Å². The Bertz CT molecular complexity index is 398. The first kappa shape index (κ1) is 17.3. The van der Waals surface area contributed by atoms with E-state index in [-0.39, 0.29) is 5.54 Å². The van der Waals surface area contributed by atoms with Crippen LogP contribution in [-0.2, 0) is 6.54 Å².